The van der Waals surface area contributed by atoms with Crippen LogP contribution in [0.5, 0.6) is 0 Å². The van der Waals surface area contributed by atoms with Gasteiger partial charge in [0.1, 0.15) is 0 Å². The first kappa shape index (κ1) is 8.98. The number of nitrogens with two attached hydrogens (primary N) is 1. The van der Waals surface area contributed by atoms with E-state index in [1.54, 1.807) is 0 Å². The highest BCUT2D eigenvalue weighted by Crippen LogP contribution is 2.26. The van der Waals surface area contributed by atoms with E-state index >= 15 is 0 Å². The van der Waals surface area contributed by atoms with E-state index in [-0.39, 0.29) is 0 Å². The lowest BCUT2D eigenvalue weighted by Crippen LogP contribution is -2.31. The first-order chi connectivity index (χ1) is 7.25. The molecule has 2 aromatic rings. The molecule has 2 heteroatoms. The topological polar surface area (TPSA) is 30.9 Å². The Hall–Kier alpha value is -1.28. The molecule has 78 valence electrons. The van der Waals surface area contributed by atoms with Crippen LogP contribution >= 0.6 is 0 Å². The van der Waals surface area contributed by atoms with Crippen LogP contribution in [0.25, 0.3) is 10.9 Å². The molecule has 1 aromatic heterocycles. The van der Waals surface area contributed by atoms with Crippen LogP contribution < -0.4 is 5.73 Å². The van der Waals surface area contributed by atoms with Gasteiger partial charge in [-0.15, -0.1) is 0 Å². The molecule has 1 aromatic carbocycles. The van der Waals surface area contributed by atoms with Crippen LogP contribution in [-0.2, 0) is 13.0 Å². The van der Waals surface area contributed by atoms with E-state index in [4.69, 9.17) is 5.73 Å². The second-order valence-corrected chi connectivity index (χ2v) is 4.55. The normalized spacial score (nSPS) is 20.5. The molecule has 0 fully saturated rings. The van der Waals surface area contributed by atoms with Crippen LogP contribution in [0.1, 0.15) is 17.7 Å². The summed E-state index contributed by atoms with van der Waals surface area (Å²) in [6.45, 7) is 3.15. The molecule has 0 bridgehead atoms. The van der Waals surface area contributed by atoms with Gasteiger partial charge in [0.15, 0.2) is 0 Å². The maximum absolute atomic E-state index is 6.02. The fourth-order valence-electron chi connectivity index (χ4n) is 2.57. The summed E-state index contributed by atoms with van der Waals surface area (Å²) >= 11 is 0. The highest BCUT2D eigenvalue weighted by molar-refractivity contribution is 5.84. The van der Waals surface area contributed by atoms with E-state index in [1.165, 1.54) is 22.2 Å². The number of nitrogens with zero attached hydrogens (tertiary/aromatic N) is 1. The van der Waals surface area contributed by atoms with Crippen molar-refractivity contribution >= 4 is 10.9 Å². The summed E-state index contributed by atoms with van der Waals surface area (Å²) in [5.41, 5.74) is 10.2. The molecular weight excluding hydrogens is 184 g/mol. The summed E-state index contributed by atoms with van der Waals surface area (Å²) in [5, 5.41) is 1.39. The molecule has 3 rings (SSSR count). The molecule has 0 aliphatic carbocycles. The molecule has 0 spiro atoms. The Kier molecular flexibility index (Phi) is 1.86. The highest BCUT2D eigenvalue weighted by Gasteiger charge is 2.17. The minimum atomic E-state index is 0.327. The van der Waals surface area contributed by atoms with Gasteiger partial charge in [-0.3, -0.25) is 0 Å². The van der Waals surface area contributed by atoms with Crippen molar-refractivity contribution in [3.05, 3.63) is 35.5 Å². The summed E-state index contributed by atoms with van der Waals surface area (Å²) < 4.78 is 2.39. The molecule has 1 aliphatic rings. The summed E-state index contributed by atoms with van der Waals surface area (Å²) in [6.07, 6.45) is 2.24. The quantitative estimate of drug-likeness (QED) is 0.694. The molecule has 1 unspecified atom stereocenters. The van der Waals surface area contributed by atoms with E-state index < -0.39 is 0 Å². The zero-order chi connectivity index (χ0) is 10.4. The summed E-state index contributed by atoms with van der Waals surface area (Å²) in [7, 11) is 0. The van der Waals surface area contributed by atoms with Crippen molar-refractivity contribution in [3.8, 4) is 0 Å². The number of benzene rings is 1. The fraction of sp³-hybridized carbons (Fsp3) is 0.385. The van der Waals surface area contributed by atoms with Gasteiger partial charge in [0, 0.05) is 29.2 Å². The number of aromatic nitrogens is 1. The third-order valence-corrected chi connectivity index (χ3v) is 3.44. The van der Waals surface area contributed by atoms with Crippen molar-refractivity contribution in [1.82, 2.24) is 4.57 Å². The fourth-order valence-corrected chi connectivity index (χ4v) is 2.57. The third-order valence-electron chi connectivity index (χ3n) is 3.44. The first-order valence-corrected chi connectivity index (χ1v) is 5.59. The average molecular weight is 200 g/mol. The number of aryl methyl sites for hydroxylation is 2. The largest absolute Gasteiger partial charge is 0.343 e. The second kappa shape index (κ2) is 3.11. The molecule has 0 radical (unpaired) electrons. The summed E-state index contributed by atoms with van der Waals surface area (Å²) in [6, 6.07) is 9.16. The molecule has 0 saturated carbocycles. The molecule has 2 nitrogen and oxygen atoms in total. The van der Waals surface area contributed by atoms with E-state index in [9.17, 15) is 0 Å². The van der Waals surface area contributed by atoms with Gasteiger partial charge in [-0.2, -0.15) is 0 Å². The van der Waals surface area contributed by atoms with Gasteiger partial charge < -0.3 is 10.3 Å². The lowest BCUT2D eigenvalue weighted by molar-refractivity contribution is 0.470. The van der Waals surface area contributed by atoms with Gasteiger partial charge in [0.05, 0.1) is 0 Å². The Balaban J connectivity index is 2.29. The zero-order valence-corrected chi connectivity index (χ0v) is 9.03. The molecular formula is C13H16N2. The Bertz CT molecular complexity index is 510. The minimum absolute atomic E-state index is 0.327. The van der Waals surface area contributed by atoms with E-state index in [1.807, 2.05) is 0 Å². The predicted octanol–water partition coefficient (Wildman–Crippen LogP) is 2.22. The van der Waals surface area contributed by atoms with E-state index in [0.717, 1.165) is 19.4 Å². The van der Waals surface area contributed by atoms with Crippen LogP contribution in [0, 0.1) is 6.92 Å². The van der Waals surface area contributed by atoms with Gasteiger partial charge >= 0.3 is 0 Å². The number of rotatable bonds is 0. The van der Waals surface area contributed by atoms with Gasteiger partial charge in [-0.25, -0.2) is 0 Å². The molecule has 1 aliphatic heterocycles. The SMILES string of the molecule is Cc1cccc2c1cc1n2CC(N)CC1. The van der Waals surface area contributed by atoms with Crippen molar-refractivity contribution in [2.24, 2.45) is 5.73 Å². The predicted molar refractivity (Wildman–Crippen MR) is 63.0 cm³/mol. The third kappa shape index (κ3) is 1.29. The molecule has 1 atom stereocenters. The minimum Gasteiger partial charge on any atom is -0.343 e. The Morgan fingerprint density at radius 1 is 1.40 bits per heavy atom. The standard InChI is InChI=1S/C13H16N2/c1-9-3-2-4-13-12(9)7-11-6-5-10(14)8-15(11)13/h2-4,7,10H,5-6,8,14H2,1H3. The lowest BCUT2D eigenvalue weighted by atomic mass is 10.1. The van der Waals surface area contributed by atoms with Crippen molar-refractivity contribution in [1.29, 1.82) is 0 Å². The molecule has 2 N–H and O–H groups in total. The molecule has 2 heterocycles. The van der Waals surface area contributed by atoms with Crippen LogP contribution in [0.15, 0.2) is 24.3 Å². The van der Waals surface area contributed by atoms with Gasteiger partial charge in [0.2, 0.25) is 0 Å². The number of hydrogen-bond acceptors (Lipinski definition) is 1. The van der Waals surface area contributed by atoms with Crippen molar-refractivity contribution < 1.29 is 0 Å². The Labute approximate surface area is 89.7 Å². The van der Waals surface area contributed by atoms with E-state index in [0.29, 0.717) is 6.04 Å². The van der Waals surface area contributed by atoms with Crippen LogP contribution in [0.2, 0.25) is 0 Å². The number of fused-ring (bicyclic) bond motifs is 3. The van der Waals surface area contributed by atoms with Crippen LogP contribution in [0.4, 0.5) is 0 Å². The summed E-state index contributed by atoms with van der Waals surface area (Å²) in [4.78, 5) is 0. The average Bonchev–Trinajstić information content (AvgIpc) is 2.58. The van der Waals surface area contributed by atoms with Gasteiger partial charge in [-0.1, -0.05) is 12.1 Å². The van der Waals surface area contributed by atoms with Gasteiger partial charge in [0.25, 0.3) is 0 Å². The summed E-state index contributed by atoms with van der Waals surface area (Å²) in [5.74, 6) is 0. The molecule has 0 saturated heterocycles. The van der Waals surface area contributed by atoms with Crippen molar-refractivity contribution in [2.45, 2.75) is 32.4 Å². The Morgan fingerprint density at radius 3 is 3.13 bits per heavy atom. The maximum atomic E-state index is 6.02. The lowest BCUT2D eigenvalue weighted by Gasteiger charge is -2.21. The van der Waals surface area contributed by atoms with Crippen molar-refractivity contribution in [2.75, 3.05) is 0 Å². The number of hydrogen-bond donors (Lipinski definition) is 1. The van der Waals surface area contributed by atoms with Crippen molar-refractivity contribution in [3.63, 3.8) is 0 Å². The second-order valence-electron chi connectivity index (χ2n) is 4.55. The molecule has 15 heavy (non-hydrogen) atoms. The van der Waals surface area contributed by atoms with Gasteiger partial charge in [-0.05, 0) is 37.5 Å². The highest BCUT2D eigenvalue weighted by atomic mass is 15.0. The first-order valence-electron chi connectivity index (χ1n) is 5.59. The Morgan fingerprint density at radius 2 is 2.27 bits per heavy atom. The van der Waals surface area contributed by atoms with Crippen LogP contribution in [-0.4, -0.2) is 10.6 Å². The maximum Gasteiger partial charge on any atom is 0.0485 e. The smallest absolute Gasteiger partial charge is 0.0485 e. The van der Waals surface area contributed by atoms with E-state index in [2.05, 4.69) is 35.8 Å². The molecule has 0 amide bonds. The monoisotopic (exact) mass is 200 g/mol. The zero-order valence-electron chi connectivity index (χ0n) is 9.03. The van der Waals surface area contributed by atoms with Crippen LogP contribution in [0.3, 0.4) is 0 Å².